The van der Waals surface area contributed by atoms with Gasteiger partial charge in [0.05, 0.1) is 12.2 Å². The quantitative estimate of drug-likeness (QED) is 0.581. The molecule has 3 heteroatoms. The molecule has 3 nitrogen and oxygen atoms in total. The Balaban J connectivity index is 0.00000106. The first kappa shape index (κ1) is 14.4. The fourth-order valence-corrected chi connectivity index (χ4v) is 1.13. The maximum Gasteiger partial charge on any atom is 0.338 e. The summed E-state index contributed by atoms with van der Waals surface area (Å²) < 4.78 is 4.91. The van der Waals surface area contributed by atoms with Crippen molar-refractivity contribution in [1.82, 2.24) is 4.98 Å². The summed E-state index contributed by atoms with van der Waals surface area (Å²) in [5, 5.41) is 0. The molecular formula is C13H19NO2. The first-order chi connectivity index (χ1) is 7.79. The normalized spacial score (nSPS) is 10.1. The standard InChI is InChI=1S/C11H13NO2.C2H6/c1-3-10(11(13)14-4-2)9-6-5-7-12-8-9;1-2/h3,5-8H,4H2,1-2H3;1-2H3/b10-3-;. The molecule has 0 aliphatic rings. The minimum atomic E-state index is -0.303. The summed E-state index contributed by atoms with van der Waals surface area (Å²) in [5.41, 5.74) is 1.34. The summed E-state index contributed by atoms with van der Waals surface area (Å²) in [4.78, 5) is 15.4. The van der Waals surface area contributed by atoms with E-state index in [9.17, 15) is 4.79 Å². The lowest BCUT2D eigenvalue weighted by Crippen LogP contribution is -2.06. The predicted octanol–water partition coefficient (Wildman–Crippen LogP) is 3.07. The molecule has 0 bridgehead atoms. The van der Waals surface area contributed by atoms with Gasteiger partial charge in [0, 0.05) is 18.0 Å². The van der Waals surface area contributed by atoms with Crippen molar-refractivity contribution in [3.63, 3.8) is 0 Å². The maximum atomic E-state index is 11.5. The van der Waals surface area contributed by atoms with Gasteiger partial charge in [-0.05, 0) is 19.9 Å². The largest absolute Gasteiger partial charge is 0.462 e. The third-order valence-corrected chi connectivity index (χ3v) is 1.76. The van der Waals surface area contributed by atoms with Crippen molar-refractivity contribution < 1.29 is 9.53 Å². The smallest absolute Gasteiger partial charge is 0.338 e. The number of ether oxygens (including phenoxy) is 1. The van der Waals surface area contributed by atoms with Gasteiger partial charge in [-0.3, -0.25) is 4.98 Å². The number of hydrogen-bond donors (Lipinski definition) is 0. The van der Waals surface area contributed by atoms with Crippen molar-refractivity contribution in [3.05, 3.63) is 36.2 Å². The molecule has 0 amide bonds. The number of allylic oxidation sites excluding steroid dienone is 1. The van der Waals surface area contributed by atoms with Crippen LogP contribution in [-0.2, 0) is 9.53 Å². The van der Waals surface area contributed by atoms with Crippen molar-refractivity contribution in [3.8, 4) is 0 Å². The molecule has 88 valence electrons. The Morgan fingerprint density at radius 1 is 1.50 bits per heavy atom. The predicted molar refractivity (Wildman–Crippen MR) is 65.9 cm³/mol. The molecule has 0 N–H and O–H groups in total. The van der Waals surface area contributed by atoms with Gasteiger partial charge in [-0.25, -0.2) is 4.79 Å². The van der Waals surface area contributed by atoms with Gasteiger partial charge in [-0.1, -0.05) is 26.0 Å². The van der Waals surface area contributed by atoms with E-state index in [0.29, 0.717) is 12.2 Å². The van der Waals surface area contributed by atoms with Crippen LogP contribution < -0.4 is 0 Å². The molecule has 1 aromatic heterocycles. The number of rotatable bonds is 3. The molecule has 0 aromatic carbocycles. The van der Waals surface area contributed by atoms with E-state index in [-0.39, 0.29) is 5.97 Å². The number of carbonyl (C=O) groups is 1. The summed E-state index contributed by atoms with van der Waals surface area (Å²) >= 11 is 0. The highest BCUT2D eigenvalue weighted by atomic mass is 16.5. The molecule has 0 fully saturated rings. The Kier molecular flexibility index (Phi) is 7.76. The van der Waals surface area contributed by atoms with E-state index in [0.717, 1.165) is 5.56 Å². The van der Waals surface area contributed by atoms with E-state index >= 15 is 0 Å². The van der Waals surface area contributed by atoms with Gasteiger partial charge in [0.1, 0.15) is 0 Å². The van der Waals surface area contributed by atoms with Gasteiger partial charge < -0.3 is 4.74 Å². The maximum absolute atomic E-state index is 11.5. The van der Waals surface area contributed by atoms with Gasteiger partial charge in [-0.2, -0.15) is 0 Å². The molecule has 0 saturated carbocycles. The average Bonchev–Trinajstić information content (AvgIpc) is 2.34. The van der Waals surface area contributed by atoms with E-state index in [1.54, 1.807) is 38.4 Å². The zero-order valence-electron chi connectivity index (χ0n) is 10.4. The summed E-state index contributed by atoms with van der Waals surface area (Å²) in [6.07, 6.45) is 5.04. The van der Waals surface area contributed by atoms with Crippen LogP contribution in [0.5, 0.6) is 0 Å². The topological polar surface area (TPSA) is 39.2 Å². The van der Waals surface area contributed by atoms with Gasteiger partial charge in [0.25, 0.3) is 0 Å². The average molecular weight is 221 g/mol. The fourth-order valence-electron chi connectivity index (χ4n) is 1.13. The van der Waals surface area contributed by atoms with Crippen molar-refractivity contribution in [1.29, 1.82) is 0 Å². The first-order valence-corrected chi connectivity index (χ1v) is 5.53. The van der Waals surface area contributed by atoms with E-state index in [2.05, 4.69) is 4.98 Å². The van der Waals surface area contributed by atoms with Crippen LogP contribution in [0.2, 0.25) is 0 Å². The van der Waals surface area contributed by atoms with Crippen LogP contribution in [0.1, 0.15) is 33.3 Å². The molecular weight excluding hydrogens is 202 g/mol. The molecule has 0 aliphatic heterocycles. The zero-order chi connectivity index (χ0) is 12.4. The van der Waals surface area contributed by atoms with Crippen LogP contribution in [0, 0.1) is 0 Å². The van der Waals surface area contributed by atoms with Gasteiger partial charge in [-0.15, -0.1) is 0 Å². The Morgan fingerprint density at radius 2 is 2.19 bits per heavy atom. The van der Waals surface area contributed by atoms with Crippen LogP contribution in [0.15, 0.2) is 30.6 Å². The van der Waals surface area contributed by atoms with Gasteiger partial charge in [0.15, 0.2) is 0 Å². The van der Waals surface area contributed by atoms with Crippen LogP contribution in [0.3, 0.4) is 0 Å². The van der Waals surface area contributed by atoms with Crippen molar-refractivity contribution in [2.45, 2.75) is 27.7 Å². The summed E-state index contributed by atoms with van der Waals surface area (Å²) in [5.74, 6) is -0.303. The molecule has 0 aliphatic carbocycles. The zero-order valence-corrected chi connectivity index (χ0v) is 10.4. The molecule has 1 heterocycles. The number of nitrogens with zero attached hydrogens (tertiary/aromatic N) is 1. The summed E-state index contributed by atoms with van der Waals surface area (Å²) in [6.45, 7) is 7.98. The Hall–Kier alpha value is -1.64. The Morgan fingerprint density at radius 3 is 2.62 bits per heavy atom. The molecule has 1 aromatic rings. The molecule has 0 spiro atoms. The van der Waals surface area contributed by atoms with E-state index in [4.69, 9.17) is 4.74 Å². The number of esters is 1. The van der Waals surface area contributed by atoms with Crippen LogP contribution in [0.4, 0.5) is 0 Å². The monoisotopic (exact) mass is 221 g/mol. The third-order valence-electron chi connectivity index (χ3n) is 1.76. The molecule has 0 unspecified atom stereocenters. The van der Waals surface area contributed by atoms with E-state index in [1.807, 2.05) is 19.9 Å². The third kappa shape index (κ3) is 4.26. The summed E-state index contributed by atoms with van der Waals surface area (Å²) in [7, 11) is 0. The van der Waals surface area contributed by atoms with Gasteiger partial charge >= 0.3 is 5.97 Å². The highest BCUT2D eigenvalue weighted by molar-refractivity contribution is 6.16. The lowest BCUT2D eigenvalue weighted by Gasteiger charge is -2.05. The second kappa shape index (κ2) is 8.65. The number of hydrogen-bond acceptors (Lipinski definition) is 3. The minimum absolute atomic E-state index is 0.303. The van der Waals surface area contributed by atoms with Crippen LogP contribution in [-0.4, -0.2) is 17.6 Å². The second-order valence-corrected chi connectivity index (χ2v) is 2.66. The number of pyridine rings is 1. The second-order valence-electron chi connectivity index (χ2n) is 2.66. The lowest BCUT2D eigenvalue weighted by atomic mass is 10.1. The van der Waals surface area contributed by atoms with Crippen LogP contribution >= 0.6 is 0 Å². The van der Waals surface area contributed by atoms with Crippen molar-refractivity contribution in [2.75, 3.05) is 6.61 Å². The molecule has 0 radical (unpaired) electrons. The lowest BCUT2D eigenvalue weighted by molar-refractivity contribution is -0.136. The van der Waals surface area contributed by atoms with Crippen molar-refractivity contribution in [2.24, 2.45) is 0 Å². The Bertz CT molecular complexity index is 331. The first-order valence-electron chi connectivity index (χ1n) is 5.53. The molecule has 16 heavy (non-hydrogen) atoms. The van der Waals surface area contributed by atoms with Gasteiger partial charge in [0.2, 0.25) is 0 Å². The highest BCUT2D eigenvalue weighted by Gasteiger charge is 2.11. The highest BCUT2D eigenvalue weighted by Crippen LogP contribution is 2.14. The molecule has 1 rings (SSSR count). The fraction of sp³-hybridized carbons (Fsp3) is 0.385. The van der Waals surface area contributed by atoms with Crippen LogP contribution in [0.25, 0.3) is 5.57 Å². The SMILES string of the molecule is C/C=C(\C(=O)OCC)c1cccnc1.CC. The minimum Gasteiger partial charge on any atom is -0.462 e. The molecule has 0 saturated heterocycles. The molecule has 0 atom stereocenters. The summed E-state index contributed by atoms with van der Waals surface area (Å²) in [6, 6.07) is 3.62. The van der Waals surface area contributed by atoms with E-state index < -0.39 is 0 Å². The number of aromatic nitrogens is 1. The van der Waals surface area contributed by atoms with Crippen molar-refractivity contribution >= 4 is 11.5 Å². The Labute approximate surface area is 97.2 Å². The number of carbonyl (C=O) groups excluding carboxylic acids is 1. The van der Waals surface area contributed by atoms with E-state index in [1.165, 1.54) is 0 Å².